The Morgan fingerprint density at radius 3 is 2.46 bits per heavy atom. The molecule has 39 heavy (non-hydrogen) atoms. The maximum atomic E-state index is 15.2. The number of nitrogens with zero attached hydrogens (tertiary/aromatic N) is 2. The fourth-order valence-corrected chi connectivity index (χ4v) is 5.42. The van der Waals surface area contributed by atoms with E-state index in [0.717, 1.165) is 5.56 Å². The molecule has 2 heterocycles. The van der Waals surface area contributed by atoms with Gasteiger partial charge in [0, 0.05) is 13.1 Å². The van der Waals surface area contributed by atoms with Gasteiger partial charge in [0.25, 0.3) is 0 Å². The highest BCUT2D eigenvalue weighted by Crippen LogP contribution is 2.58. The molecule has 3 fully saturated rings. The van der Waals surface area contributed by atoms with Crippen LogP contribution in [0.3, 0.4) is 0 Å². The predicted octanol–water partition coefficient (Wildman–Crippen LogP) is 4.06. The summed E-state index contributed by atoms with van der Waals surface area (Å²) in [5, 5.41) is 2.60. The number of hydrogen-bond donors (Lipinski definition) is 1. The lowest BCUT2D eigenvalue weighted by molar-refractivity contribution is -0.136. The third-order valence-corrected chi connectivity index (χ3v) is 7.29. The molecule has 0 bridgehead atoms. The van der Waals surface area contributed by atoms with Gasteiger partial charge >= 0.3 is 12.2 Å². The molecule has 0 unspecified atom stereocenters. The maximum absolute atomic E-state index is 15.2. The lowest BCUT2D eigenvalue weighted by atomic mass is 10.0. The zero-order valence-corrected chi connectivity index (χ0v) is 22.4. The third-order valence-electron chi connectivity index (χ3n) is 7.29. The molecule has 1 saturated carbocycles. The SMILES string of the molecule is CC(C)(C)OC(=O)NC[C@H]1CN(c2ccc([C@H]3[C@@H]4CN(C(=O)COCc5ccccc5)C[C@@H]43)c(F)c2)C(=O)O1. The molecule has 2 aliphatic heterocycles. The van der Waals surface area contributed by atoms with Crippen molar-refractivity contribution in [1.82, 2.24) is 10.2 Å². The van der Waals surface area contributed by atoms with Crippen LogP contribution >= 0.6 is 0 Å². The van der Waals surface area contributed by atoms with Crippen LogP contribution in [-0.2, 0) is 25.6 Å². The maximum Gasteiger partial charge on any atom is 0.414 e. The summed E-state index contributed by atoms with van der Waals surface area (Å²) >= 11 is 0. The number of carbonyl (C=O) groups excluding carboxylic acids is 3. The minimum Gasteiger partial charge on any atom is -0.444 e. The van der Waals surface area contributed by atoms with Crippen LogP contribution in [0.25, 0.3) is 0 Å². The number of piperidine rings is 1. The summed E-state index contributed by atoms with van der Waals surface area (Å²) in [6.45, 7) is 7.16. The molecule has 4 atom stereocenters. The van der Waals surface area contributed by atoms with Crippen LogP contribution in [-0.4, -0.2) is 67.5 Å². The zero-order valence-electron chi connectivity index (χ0n) is 22.4. The molecule has 2 aromatic carbocycles. The minimum atomic E-state index is -0.632. The smallest absolute Gasteiger partial charge is 0.414 e. The Kier molecular flexibility index (Phi) is 7.48. The van der Waals surface area contributed by atoms with E-state index in [9.17, 15) is 14.4 Å². The van der Waals surface area contributed by atoms with Crippen molar-refractivity contribution in [3.63, 3.8) is 0 Å². The van der Waals surface area contributed by atoms with E-state index in [0.29, 0.717) is 30.9 Å². The van der Waals surface area contributed by atoms with E-state index < -0.39 is 23.9 Å². The number of hydrogen-bond acceptors (Lipinski definition) is 6. The molecule has 9 nitrogen and oxygen atoms in total. The number of amides is 3. The number of carbonyl (C=O) groups is 3. The van der Waals surface area contributed by atoms with Crippen molar-refractivity contribution in [2.24, 2.45) is 11.8 Å². The second-order valence-corrected chi connectivity index (χ2v) is 11.3. The third kappa shape index (κ3) is 6.33. The number of benzene rings is 2. The lowest BCUT2D eigenvalue weighted by Crippen LogP contribution is -2.38. The highest BCUT2D eigenvalue weighted by molar-refractivity contribution is 5.89. The summed E-state index contributed by atoms with van der Waals surface area (Å²) in [7, 11) is 0. The van der Waals surface area contributed by atoms with Crippen LogP contribution in [0, 0.1) is 17.7 Å². The summed E-state index contributed by atoms with van der Waals surface area (Å²) in [5.74, 6) is 0.0895. The molecular weight excluding hydrogens is 505 g/mol. The fourth-order valence-electron chi connectivity index (χ4n) is 5.42. The number of alkyl carbamates (subject to hydrolysis) is 1. The number of nitrogens with one attached hydrogen (secondary N) is 1. The second kappa shape index (κ2) is 10.8. The Bertz CT molecular complexity index is 1220. The molecule has 0 aromatic heterocycles. The first-order valence-corrected chi connectivity index (χ1v) is 13.2. The molecule has 1 N–H and O–H groups in total. The van der Waals surface area contributed by atoms with E-state index in [1.807, 2.05) is 30.3 Å². The Hall–Kier alpha value is -3.66. The first-order chi connectivity index (χ1) is 18.6. The molecule has 0 radical (unpaired) electrons. The van der Waals surface area contributed by atoms with E-state index in [4.69, 9.17) is 14.2 Å². The van der Waals surface area contributed by atoms with Crippen molar-refractivity contribution in [2.75, 3.05) is 37.7 Å². The minimum absolute atomic E-state index is 0.0300. The van der Waals surface area contributed by atoms with E-state index in [1.165, 1.54) is 11.0 Å². The largest absolute Gasteiger partial charge is 0.444 e. The average Bonchev–Trinajstić information content (AvgIpc) is 3.19. The van der Waals surface area contributed by atoms with Crippen LogP contribution < -0.4 is 10.2 Å². The predicted molar refractivity (Wildman–Crippen MR) is 141 cm³/mol. The summed E-state index contributed by atoms with van der Waals surface area (Å²) in [6, 6.07) is 14.5. The van der Waals surface area contributed by atoms with Crippen molar-refractivity contribution in [1.29, 1.82) is 0 Å². The molecule has 208 valence electrons. The number of fused-ring (bicyclic) bond motifs is 1. The standard InChI is InChI=1S/C29H34FN3O6/c1-29(2,3)39-27(35)31-12-20-13-33(28(36)38-20)19-9-10-21(24(30)11-19)26-22-14-32(15-23(22)26)25(34)17-37-16-18-7-5-4-6-8-18/h4-11,20,22-23,26H,12-17H2,1-3H3,(H,31,35)/t20-,22-,23+,26+/m0/s1. The van der Waals surface area contributed by atoms with Crippen molar-refractivity contribution in [3.8, 4) is 0 Å². The number of rotatable bonds is 8. The molecule has 5 rings (SSSR count). The van der Waals surface area contributed by atoms with Crippen LogP contribution in [0.1, 0.15) is 37.8 Å². The monoisotopic (exact) mass is 539 g/mol. The number of ether oxygens (including phenoxy) is 3. The normalized spacial score (nSPS) is 23.8. The van der Waals surface area contributed by atoms with E-state index in [1.54, 1.807) is 37.8 Å². The van der Waals surface area contributed by atoms with Crippen LogP contribution in [0.15, 0.2) is 48.5 Å². The highest BCUT2D eigenvalue weighted by Gasteiger charge is 2.57. The molecule has 0 spiro atoms. The van der Waals surface area contributed by atoms with Gasteiger partial charge in [0.15, 0.2) is 0 Å². The molecular formula is C29H34FN3O6. The van der Waals surface area contributed by atoms with Gasteiger partial charge in [-0.3, -0.25) is 9.69 Å². The van der Waals surface area contributed by atoms with E-state index in [2.05, 4.69) is 5.32 Å². The molecule has 1 aliphatic carbocycles. The molecule has 2 aromatic rings. The zero-order chi connectivity index (χ0) is 27.7. The Labute approximate surface area is 227 Å². The number of halogens is 1. The van der Waals surface area contributed by atoms with Crippen LogP contribution in [0.5, 0.6) is 0 Å². The highest BCUT2D eigenvalue weighted by atomic mass is 19.1. The van der Waals surface area contributed by atoms with Crippen molar-refractivity contribution in [2.45, 2.75) is 45.0 Å². The van der Waals surface area contributed by atoms with Gasteiger partial charge in [-0.05, 0) is 61.8 Å². The van der Waals surface area contributed by atoms with Crippen molar-refractivity contribution in [3.05, 3.63) is 65.5 Å². The first kappa shape index (κ1) is 26.9. The number of cyclic esters (lactones) is 1. The second-order valence-electron chi connectivity index (χ2n) is 11.3. The molecule has 3 amide bonds. The Morgan fingerprint density at radius 2 is 1.79 bits per heavy atom. The van der Waals surface area contributed by atoms with Gasteiger partial charge in [-0.2, -0.15) is 0 Å². The Morgan fingerprint density at radius 1 is 1.08 bits per heavy atom. The molecule has 2 saturated heterocycles. The summed E-state index contributed by atoms with van der Waals surface area (Å²) in [6.07, 6.45) is -1.76. The van der Waals surface area contributed by atoms with Crippen molar-refractivity contribution < 1.29 is 33.0 Å². The number of anilines is 1. The van der Waals surface area contributed by atoms with E-state index >= 15 is 4.39 Å². The number of likely N-dealkylation sites (tertiary alicyclic amines) is 1. The first-order valence-electron chi connectivity index (χ1n) is 13.2. The lowest BCUT2D eigenvalue weighted by Gasteiger charge is -2.21. The average molecular weight is 540 g/mol. The van der Waals surface area contributed by atoms with E-state index in [-0.39, 0.29) is 49.2 Å². The molecule has 10 heteroatoms. The van der Waals surface area contributed by atoms with Gasteiger partial charge in [0.2, 0.25) is 5.91 Å². The summed E-state index contributed by atoms with van der Waals surface area (Å²) < 4.78 is 31.3. The Balaban J connectivity index is 1.09. The summed E-state index contributed by atoms with van der Waals surface area (Å²) in [5.41, 5.74) is 1.40. The van der Waals surface area contributed by atoms with Gasteiger partial charge in [-0.25, -0.2) is 14.0 Å². The quantitative estimate of drug-likeness (QED) is 0.544. The van der Waals surface area contributed by atoms with Crippen LogP contribution in [0.4, 0.5) is 19.7 Å². The fraction of sp³-hybridized carbons (Fsp3) is 0.483. The molecule has 3 aliphatic rings. The van der Waals surface area contributed by atoms with Crippen molar-refractivity contribution >= 4 is 23.8 Å². The van der Waals surface area contributed by atoms with Gasteiger partial charge < -0.3 is 24.4 Å². The van der Waals surface area contributed by atoms with Gasteiger partial charge in [0.1, 0.15) is 24.1 Å². The topological polar surface area (TPSA) is 97.4 Å². The van der Waals surface area contributed by atoms with Gasteiger partial charge in [0.05, 0.1) is 25.4 Å². The van der Waals surface area contributed by atoms with Crippen LogP contribution in [0.2, 0.25) is 0 Å². The summed E-state index contributed by atoms with van der Waals surface area (Å²) in [4.78, 5) is 40.0. The van der Waals surface area contributed by atoms with Gasteiger partial charge in [-0.1, -0.05) is 36.4 Å². The van der Waals surface area contributed by atoms with Gasteiger partial charge in [-0.15, -0.1) is 0 Å².